The predicted molar refractivity (Wildman–Crippen MR) is 51.0 cm³/mol. The first kappa shape index (κ1) is 10.6. The third-order valence-electron chi connectivity index (χ3n) is 1.53. The van der Waals surface area contributed by atoms with Gasteiger partial charge in [-0.05, 0) is 25.1 Å². The van der Waals surface area contributed by atoms with Crippen molar-refractivity contribution in [3.8, 4) is 5.75 Å². The van der Waals surface area contributed by atoms with Gasteiger partial charge in [0, 0.05) is 0 Å². The molecule has 0 bridgehead atoms. The van der Waals surface area contributed by atoms with Gasteiger partial charge in [-0.3, -0.25) is 0 Å². The monoisotopic (exact) mass is 193 g/mol. The topological polar surface area (TPSA) is 55.8 Å². The quantitative estimate of drug-likeness (QED) is 0.566. The summed E-state index contributed by atoms with van der Waals surface area (Å²) in [6.07, 6.45) is 0. The molecule has 0 spiro atoms. The van der Waals surface area contributed by atoms with Crippen LogP contribution in [0.5, 0.6) is 5.75 Å². The summed E-state index contributed by atoms with van der Waals surface area (Å²) in [5.41, 5.74) is 0.395. The number of rotatable bonds is 4. The summed E-state index contributed by atoms with van der Waals surface area (Å²) in [6.45, 7) is 2.07. The van der Waals surface area contributed by atoms with Crippen molar-refractivity contribution in [2.24, 2.45) is 0 Å². The smallest absolute Gasteiger partial charge is 0.537 e. The molecule has 1 aromatic rings. The Kier molecular flexibility index (Phi) is 4.00. The molecule has 0 saturated heterocycles. The van der Waals surface area contributed by atoms with Gasteiger partial charge in [-0.2, -0.15) is 0 Å². The third kappa shape index (κ3) is 2.78. The van der Waals surface area contributed by atoms with Gasteiger partial charge < -0.3 is 14.4 Å². The fourth-order valence-corrected chi connectivity index (χ4v) is 0.972. The van der Waals surface area contributed by atoms with E-state index >= 15 is 0 Å². The van der Waals surface area contributed by atoms with Gasteiger partial charge in [-0.15, -0.1) is 0 Å². The molecule has 1 N–H and O–H groups in total. The van der Waals surface area contributed by atoms with Gasteiger partial charge in [0.05, 0.1) is 12.2 Å². The highest BCUT2D eigenvalue weighted by atomic mass is 16.5. The van der Waals surface area contributed by atoms with Crippen LogP contribution in [0.4, 0.5) is 0 Å². The molecule has 0 aromatic heterocycles. The van der Waals surface area contributed by atoms with Crippen LogP contribution < -0.4 is 4.65 Å². The molecule has 0 fully saturated rings. The number of hydrogen-bond donors (Lipinski definition) is 1. The van der Waals surface area contributed by atoms with E-state index in [1.807, 2.05) is 0 Å². The maximum atomic E-state index is 11.3. The molecule has 0 unspecified atom stereocenters. The molecule has 5 heteroatoms. The summed E-state index contributed by atoms with van der Waals surface area (Å²) >= 11 is 0. The molecule has 0 aliphatic heterocycles. The number of carbonyl (C=O) groups excluding carboxylic acids is 1. The van der Waals surface area contributed by atoms with Crippen molar-refractivity contribution in [2.45, 2.75) is 6.92 Å². The van der Waals surface area contributed by atoms with Crippen molar-refractivity contribution in [3.05, 3.63) is 29.8 Å². The van der Waals surface area contributed by atoms with Crippen molar-refractivity contribution < 1.29 is 19.2 Å². The van der Waals surface area contributed by atoms with Gasteiger partial charge in [0.1, 0.15) is 5.75 Å². The van der Waals surface area contributed by atoms with Crippen molar-refractivity contribution in [1.82, 2.24) is 0 Å². The summed E-state index contributed by atoms with van der Waals surface area (Å²) in [5.74, 6) is -0.0195. The molecule has 1 rings (SSSR count). The average Bonchev–Trinajstić information content (AvgIpc) is 2.19. The molecule has 1 radical (unpaired) electrons. The van der Waals surface area contributed by atoms with E-state index in [-0.39, 0.29) is 0 Å². The van der Waals surface area contributed by atoms with E-state index in [1.165, 1.54) is 6.07 Å². The Balaban J connectivity index is 2.77. The van der Waals surface area contributed by atoms with Crippen molar-refractivity contribution in [3.63, 3.8) is 0 Å². The second-order valence-corrected chi connectivity index (χ2v) is 2.47. The lowest BCUT2D eigenvalue weighted by atomic mass is 10.2. The fraction of sp³-hybridized carbons (Fsp3) is 0.222. The normalized spacial score (nSPS) is 9.29. The second kappa shape index (κ2) is 5.29. The Hall–Kier alpha value is -1.49. The van der Waals surface area contributed by atoms with Gasteiger partial charge in [0.25, 0.3) is 0 Å². The van der Waals surface area contributed by atoms with E-state index in [4.69, 9.17) is 14.4 Å². The van der Waals surface area contributed by atoms with Crippen molar-refractivity contribution in [2.75, 3.05) is 6.61 Å². The Morgan fingerprint density at radius 3 is 3.00 bits per heavy atom. The molecular weight excluding hydrogens is 183 g/mol. The van der Waals surface area contributed by atoms with Gasteiger partial charge >= 0.3 is 13.7 Å². The molecule has 0 heterocycles. The third-order valence-corrected chi connectivity index (χ3v) is 1.53. The van der Waals surface area contributed by atoms with Crippen LogP contribution in [0, 0.1) is 0 Å². The average molecular weight is 193 g/mol. The minimum Gasteiger partial charge on any atom is -0.537 e. The number of hydrogen-bond acceptors (Lipinski definition) is 4. The van der Waals surface area contributed by atoms with Crippen LogP contribution in [0.25, 0.3) is 0 Å². The Labute approximate surface area is 82.8 Å². The minimum absolute atomic E-state index is 0.329. The first-order valence-corrected chi connectivity index (χ1v) is 4.17. The van der Waals surface area contributed by atoms with Gasteiger partial charge in [-0.25, -0.2) is 4.79 Å². The molecule has 73 valence electrons. The van der Waals surface area contributed by atoms with Gasteiger partial charge in [0.2, 0.25) is 0 Å². The molecule has 0 saturated carbocycles. The molecule has 14 heavy (non-hydrogen) atoms. The summed E-state index contributed by atoms with van der Waals surface area (Å²) in [5, 5.41) is 8.39. The largest absolute Gasteiger partial charge is 0.569 e. The maximum Gasteiger partial charge on any atom is 0.569 e. The fourth-order valence-electron chi connectivity index (χ4n) is 0.972. The summed E-state index contributed by atoms with van der Waals surface area (Å²) in [4.78, 5) is 11.3. The lowest BCUT2D eigenvalue weighted by Crippen LogP contribution is -2.05. The highest BCUT2D eigenvalue weighted by Crippen LogP contribution is 2.13. The second-order valence-electron chi connectivity index (χ2n) is 2.47. The van der Waals surface area contributed by atoms with Crippen LogP contribution in [-0.4, -0.2) is 25.3 Å². The van der Waals surface area contributed by atoms with Crippen LogP contribution in [0.3, 0.4) is 0 Å². The Morgan fingerprint density at radius 1 is 1.57 bits per heavy atom. The van der Waals surface area contributed by atoms with Crippen LogP contribution in [0.2, 0.25) is 0 Å². The zero-order chi connectivity index (χ0) is 10.4. The lowest BCUT2D eigenvalue weighted by Gasteiger charge is -2.04. The highest BCUT2D eigenvalue weighted by Gasteiger charge is 2.06. The number of carbonyl (C=O) groups is 1. The SMILES string of the molecule is CCOC(=O)c1cccc(O[B]O)c1. The maximum absolute atomic E-state index is 11.3. The Bertz CT molecular complexity index is 313. The predicted octanol–water partition coefficient (Wildman–Crippen LogP) is 0.769. The standard InChI is InChI=1S/C9H10BO4/c1-2-13-9(11)7-4-3-5-8(6-7)14-10-12/h3-6,12H,2H2,1H3. The summed E-state index contributed by atoms with van der Waals surface area (Å²) in [6, 6.07) is 6.37. The Morgan fingerprint density at radius 2 is 2.36 bits per heavy atom. The van der Waals surface area contributed by atoms with E-state index in [0.717, 1.165) is 0 Å². The zero-order valence-corrected chi connectivity index (χ0v) is 7.77. The first-order valence-electron chi connectivity index (χ1n) is 4.17. The van der Waals surface area contributed by atoms with Gasteiger partial charge in [-0.1, -0.05) is 6.07 Å². The number of esters is 1. The van der Waals surface area contributed by atoms with Gasteiger partial charge in [0.15, 0.2) is 0 Å². The van der Waals surface area contributed by atoms with E-state index in [2.05, 4.69) is 0 Å². The van der Waals surface area contributed by atoms with E-state index < -0.39 is 5.97 Å². The molecule has 0 amide bonds. The zero-order valence-electron chi connectivity index (χ0n) is 7.77. The van der Waals surface area contributed by atoms with Crippen LogP contribution >= 0.6 is 0 Å². The summed E-state index contributed by atoms with van der Waals surface area (Å²) < 4.78 is 9.49. The molecule has 0 aliphatic carbocycles. The number of benzene rings is 1. The highest BCUT2D eigenvalue weighted by molar-refractivity contribution is 6.17. The van der Waals surface area contributed by atoms with E-state index in [1.54, 1.807) is 25.1 Å². The summed E-state index contributed by atoms with van der Waals surface area (Å²) in [7, 11) is 0.560. The first-order chi connectivity index (χ1) is 6.77. The van der Waals surface area contributed by atoms with Crippen LogP contribution in [0.1, 0.15) is 17.3 Å². The molecule has 0 atom stereocenters. The lowest BCUT2D eigenvalue weighted by molar-refractivity contribution is 0.0526. The number of ether oxygens (including phenoxy) is 1. The van der Waals surface area contributed by atoms with E-state index in [0.29, 0.717) is 25.6 Å². The van der Waals surface area contributed by atoms with E-state index in [9.17, 15) is 4.79 Å². The van der Waals surface area contributed by atoms with Crippen LogP contribution in [0.15, 0.2) is 24.3 Å². The molecule has 4 nitrogen and oxygen atoms in total. The molecular formula is C9H10BO4. The van der Waals surface area contributed by atoms with Crippen LogP contribution in [-0.2, 0) is 4.74 Å². The van der Waals surface area contributed by atoms with Crippen molar-refractivity contribution >= 4 is 13.7 Å². The molecule has 1 aromatic carbocycles. The molecule has 0 aliphatic rings. The van der Waals surface area contributed by atoms with Crippen molar-refractivity contribution in [1.29, 1.82) is 0 Å². The minimum atomic E-state index is -0.407.